The van der Waals surface area contributed by atoms with Crippen LogP contribution in [0.4, 0.5) is 77.2 Å². The van der Waals surface area contributed by atoms with Gasteiger partial charge in [-0.2, -0.15) is 76.1 Å². The van der Waals surface area contributed by atoms with E-state index in [1.807, 2.05) is 0 Å². The summed E-state index contributed by atoms with van der Waals surface area (Å²) in [6.45, 7) is -2.44. The van der Waals surface area contributed by atoms with Crippen LogP contribution in [0.25, 0.3) is 0 Å². The van der Waals surface area contributed by atoms with Crippen molar-refractivity contribution in [2.75, 3.05) is 18.5 Å². The van der Waals surface area contributed by atoms with E-state index in [9.17, 15) is 65.9 Å². The number of ether oxygens (including phenoxy) is 2. The predicted octanol–water partition coefficient (Wildman–Crippen LogP) is 11.2. The molecule has 0 N–H and O–H groups in total. The lowest BCUT2D eigenvalue weighted by Gasteiger charge is -2.41. The molecule has 2 aromatic carbocycles. The zero-order chi connectivity index (χ0) is 35.2. The summed E-state index contributed by atoms with van der Waals surface area (Å²) < 4.78 is 209. The Morgan fingerprint density at radius 2 is 0.870 bits per heavy atom. The lowest BCUT2D eigenvalue weighted by molar-refractivity contribution is -0.453. The van der Waals surface area contributed by atoms with Gasteiger partial charge in [-0.3, -0.25) is 0 Å². The molecule has 2 aromatic rings. The molecule has 0 amide bonds. The standard InChI is InChI=1S/C26H22BrF15N2O2/c27-13-3-1-2-4-14-45-18-9-5-16(6-10-18)43-44-17-7-11-19(12-8-17)46-15-20(28,29)21(30,31)22(32,33)23(34,35)24(36,37)25(38,39)26(40,41)42/h5-12H,1-4,13-15H2. The molecular weight excluding hydrogens is 737 g/mol. The normalized spacial score (nSPS) is 14.2. The van der Waals surface area contributed by atoms with Crippen molar-refractivity contribution >= 4 is 27.3 Å². The van der Waals surface area contributed by atoms with Gasteiger partial charge in [0.1, 0.15) is 11.5 Å². The highest BCUT2D eigenvalue weighted by Crippen LogP contribution is 2.62. The van der Waals surface area contributed by atoms with Crippen LogP contribution in [0.15, 0.2) is 58.8 Å². The van der Waals surface area contributed by atoms with Crippen LogP contribution in [-0.4, -0.2) is 60.3 Å². The van der Waals surface area contributed by atoms with Crippen molar-refractivity contribution in [1.82, 2.24) is 0 Å². The number of nitrogens with zero attached hydrogens (tertiary/aromatic N) is 2. The fraction of sp³-hybridized carbons (Fsp3) is 0.538. The van der Waals surface area contributed by atoms with Gasteiger partial charge in [0.05, 0.1) is 18.0 Å². The fourth-order valence-electron chi connectivity index (χ4n) is 3.34. The van der Waals surface area contributed by atoms with Gasteiger partial charge in [0, 0.05) is 5.33 Å². The molecule has 20 heteroatoms. The van der Waals surface area contributed by atoms with Crippen molar-refractivity contribution in [2.24, 2.45) is 10.2 Å². The number of benzene rings is 2. The van der Waals surface area contributed by atoms with Gasteiger partial charge in [-0.25, -0.2) is 0 Å². The van der Waals surface area contributed by atoms with E-state index < -0.39 is 54.1 Å². The van der Waals surface area contributed by atoms with E-state index in [2.05, 4.69) is 30.9 Å². The molecule has 0 fully saturated rings. The molecule has 0 spiro atoms. The van der Waals surface area contributed by atoms with E-state index in [0.717, 1.165) is 55.3 Å². The Labute approximate surface area is 259 Å². The maximum atomic E-state index is 14.0. The minimum atomic E-state index is -8.35. The molecule has 0 heterocycles. The summed E-state index contributed by atoms with van der Waals surface area (Å²) in [6, 6.07) is 9.69. The minimum Gasteiger partial charge on any atom is -0.494 e. The Morgan fingerprint density at radius 3 is 1.30 bits per heavy atom. The Kier molecular flexibility index (Phi) is 12.3. The lowest BCUT2D eigenvalue weighted by atomic mass is 9.91. The van der Waals surface area contributed by atoms with Gasteiger partial charge in [0.15, 0.2) is 6.61 Å². The summed E-state index contributed by atoms with van der Waals surface area (Å²) >= 11 is 3.34. The van der Waals surface area contributed by atoms with Crippen LogP contribution in [0, 0.1) is 0 Å². The van der Waals surface area contributed by atoms with Crippen LogP contribution in [0.5, 0.6) is 11.5 Å². The number of unbranched alkanes of at least 4 members (excludes halogenated alkanes) is 3. The molecule has 0 aliphatic carbocycles. The number of hydrogen-bond donors (Lipinski definition) is 0. The Bertz CT molecular complexity index is 1290. The smallest absolute Gasteiger partial charge is 0.460 e. The molecule has 0 saturated carbocycles. The van der Waals surface area contributed by atoms with Crippen molar-refractivity contribution in [3.8, 4) is 11.5 Å². The highest BCUT2D eigenvalue weighted by atomic mass is 79.9. The molecule has 0 aliphatic rings. The SMILES string of the molecule is FC(F)(F)C(F)(F)C(F)(F)C(F)(F)C(F)(F)C(F)(F)C(F)(F)COc1ccc(N=Nc2ccc(OCCCCCCBr)cc2)cc1. The number of rotatable bonds is 17. The van der Waals surface area contributed by atoms with Crippen LogP contribution in [0.1, 0.15) is 25.7 Å². The third-order valence-electron chi connectivity index (χ3n) is 6.06. The Balaban J connectivity index is 2.06. The number of azo groups is 1. The average molecular weight is 759 g/mol. The van der Waals surface area contributed by atoms with Gasteiger partial charge in [0.2, 0.25) is 0 Å². The third kappa shape index (κ3) is 8.13. The summed E-state index contributed by atoms with van der Waals surface area (Å²) in [6.07, 6.45) is -3.72. The summed E-state index contributed by atoms with van der Waals surface area (Å²) in [5.41, 5.74) is 0.315. The molecule has 0 unspecified atom stereocenters. The highest BCUT2D eigenvalue weighted by molar-refractivity contribution is 9.09. The van der Waals surface area contributed by atoms with Crippen molar-refractivity contribution < 1.29 is 75.3 Å². The first-order chi connectivity index (χ1) is 21.0. The third-order valence-corrected chi connectivity index (χ3v) is 6.62. The quantitative estimate of drug-likeness (QED) is 0.0698. The maximum absolute atomic E-state index is 14.0. The van der Waals surface area contributed by atoms with Gasteiger partial charge in [-0.05, 0) is 61.4 Å². The molecule has 260 valence electrons. The molecule has 46 heavy (non-hydrogen) atoms. The molecule has 0 saturated heterocycles. The van der Waals surface area contributed by atoms with Gasteiger partial charge in [-0.1, -0.05) is 28.8 Å². The fourth-order valence-corrected chi connectivity index (χ4v) is 3.73. The van der Waals surface area contributed by atoms with E-state index in [-0.39, 0.29) is 5.69 Å². The van der Waals surface area contributed by atoms with Crippen LogP contribution >= 0.6 is 15.9 Å². The number of alkyl halides is 16. The molecule has 0 atom stereocenters. The van der Waals surface area contributed by atoms with Crippen molar-refractivity contribution in [2.45, 2.75) is 67.4 Å². The van der Waals surface area contributed by atoms with Crippen molar-refractivity contribution in [1.29, 1.82) is 0 Å². The first kappa shape index (κ1) is 39.2. The average Bonchev–Trinajstić information content (AvgIpc) is 2.97. The van der Waals surface area contributed by atoms with Gasteiger partial charge >= 0.3 is 41.7 Å². The van der Waals surface area contributed by atoms with Gasteiger partial charge in [0.25, 0.3) is 0 Å². The Morgan fingerprint density at radius 1 is 0.478 bits per heavy atom. The van der Waals surface area contributed by atoms with Crippen LogP contribution < -0.4 is 9.47 Å². The summed E-state index contributed by atoms with van der Waals surface area (Å²) in [5, 5.41) is 8.56. The zero-order valence-electron chi connectivity index (χ0n) is 22.8. The molecule has 0 radical (unpaired) electrons. The zero-order valence-corrected chi connectivity index (χ0v) is 24.4. The first-order valence-corrected chi connectivity index (χ1v) is 13.9. The predicted molar refractivity (Wildman–Crippen MR) is 136 cm³/mol. The number of halogens is 16. The maximum Gasteiger partial charge on any atom is 0.460 e. The minimum absolute atomic E-state index is 0.00718. The van der Waals surface area contributed by atoms with Gasteiger partial charge in [-0.15, -0.1) is 0 Å². The van der Waals surface area contributed by atoms with E-state index in [0.29, 0.717) is 18.0 Å². The van der Waals surface area contributed by atoms with Crippen molar-refractivity contribution in [3.63, 3.8) is 0 Å². The molecule has 2 rings (SSSR count). The molecule has 4 nitrogen and oxygen atoms in total. The van der Waals surface area contributed by atoms with Crippen LogP contribution in [0.2, 0.25) is 0 Å². The van der Waals surface area contributed by atoms with Gasteiger partial charge < -0.3 is 9.47 Å². The van der Waals surface area contributed by atoms with E-state index >= 15 is 0 Å². The number of hydrogen-bond acceptors (Lipinski definition) is 4. The van der Waals surface area contributed by atoms with E-state index in [1.165, 1.54) is 12.1 Å². The largest absolute Gasteiger partial charge is 0.494 e. The van der Waals surface area contributed by atoms with E-state index in [1.54, 1.807) is 12.1 Å². The lowest BCUT2D eigenvalue weighted by Crippen LogP contribution is -2.73. The molecule has 0 bridgehead atoms. The second kappa shape index (κ2) is 14.5. The monoisotopic (exact) mass is 758 g/mol. The summed E-state index contributed by atoms with van der Waals surface area (Å²) in [5.74, 6) is -47.3. The van der Waals surface area contributed by atoms with E-state index in [4.69, 9.17) is 4.74 Å². The second-order valence-electron chi connectivity index (χ2n) is 9.50. The molecular formula is C26H22BrF15N2O2. The van der Waals surface area contributed by atoms with Crippen LogP contribution in [0.3, 0.4) is 0 Å². The first-order valence-electron chi connectivity index (χ1n) is 12.7. The van der Waals surface area contributed by atoms with Crippen LogP contribution in [-0.2, 0) is 0 Å². The topological polar surface area (TPSA) is 43.2 Å². The second-order valence-corrected chi connectivity index (χ2v) is 10.3. The molecule has 0 aliphatic heterocycles. The highest BCUT2D eigenvalue weighted by Gasteiger charge is 2.93. The summed E-state index contributed by atoms with van der Waals surface area (Å²) in [4.78, 5) is 0. The molecule has 0 aromatic heterocycles. The van der Waals surface area contributed by atoms with Crippen molar-refractivity contribution in [3.05, 3.63) is 48.5 Å². The Hall–Kier alpha value is -2.93. The summed E-state index contributed by atoms with van der Waals surface area (Å²) in [7, 11) is 0.